The summed E-state index contributed by atoms with van der Waals surface area (Å²) in [6.07, 6.45) is 1.63. The fraction of sp³-hybridized carbons (Fsp3) is 0.565. The molecule has 1 unspecified atom stereocenters. The molecule has 1 aliphatic heterocycles. The van der Waals surface area contributed by atoms with Crippen LogP contribution in [0, 0.1) is 0 Å². The van der Waals surface area contributed by atoms with Gasteiger partial charge in [0.15, 0.2) is 5.96 Å². The number of guanidine groups is 1. The number of aliphatic imine (C=N–C) groups is 1. The van der Waals surface area contributed by atoms with Crippen LogP contribution in [0.2, 0.25) is 0 Å². The smallest absolute Gasteiger partial charge is 0.194 e. The Morgan fingerprint density at radius 3 is 2.53 bits per heavy atom. The Balaban J connectivity index is 1.54. The van der Waals surface area contributed by atoms with Gasteiger partial charge in [-0.3, -0.25) is 9.89 Å². The average Bonchev–Trinajstić information content (AvgIpc) is 3.25. The van der Waals surface area contributed by atoms with Crippen LogP contribution < -0.4 is 10.6 Å². The summed E-state index contributed by atoms with van der Waals surface area (Å²) in [6, 6.07) is 12.8. The summed E-state index contributed by atoms with van der Waals surface area (Å²) in [7, 11) is 0. The van der Waals surface area contributed by atoms with Gasteiger partial charge in [-0.2, -0.15) is 0 Å². The summed E-state index contributed by atoms with van der Waals surface area (Å²) < 4.78 is 4.94. The minimum Gasteiger partial charge on any atom is -0.364 e. The summed E-state index contributed by atoms with van der Waals surface area (Å²) in [5, 5.41) is 11.2. The second-order valence-electron chi connectivity index (χ2n) is 8.58. The number of hydrogen-bond acceptors (Lipinski definition) is 5. The third-order valence-electron chi connectivity index (χ3n) is 5.41. The molecule has 2 heterocycles. The lowest BCUT2D eigenvalue weighted by molar-refractivity contribution is 0.168. The lowest BCUT2D eigenvalue weighted by Gasteiger charge is -2.37. The molecular formula is C23H36N6O. The normalized spacial score (nSPS) is 17.2. The first-order valence-electron chi connectivity index (χ1n) is 10.9. The molecule has 0 radical (unpaired) electrons. The first-order valence-corrected chi connectivity index (χ1v) is 10.9. The number of hydrogen-bond donors (Lipinski definition) is 2. The van der Waals surface area contributed by atoms with Crippen molar-refractivity contribution in [3.63, 3.8) is 0 Å². The SMILES string of the molecule is CCNC(=NCC(C)(C)NC(C)c1ccccc1)N1CCN(Cc2ccon2)CC1. The van der Waals surface area contributed by atoms with Crippen molar-refractivity contribution in [2.45, 2.75) is 45.8 Å². The van der Waals surface area contributed by atoms with Gasteiger partial charge in [0.25, 0.3) is 0 Å². The lowest BCUT2D eigenvalue weighted by Crippen LogP contribution is -2.53. The summed E-state index contributed by atoms with van der Waals surface area (Å²) in [6.45, 7) is 15.1. The largest absolute Gasteiger partial charge is 0.364 e. The topological polar surface area (TPSA) is 68.9 Å². The van der Waals surface area contributed by atoms with E-state index in [-0.39, 0.29) is 11.6 Å². The second-order valence-corrected chi connectivity index (χ2v) is 8.58. The molecule has 1 fully saturated rings. The highest BCUT2D eigenvalue weighted by molar-refractivity contribution is 5.80. The Kier molecular flexibility index (Phi) is 7.87. The first kappa shape index (κ1) is 22.3. The van der Waals surface area contributed by atoms with Crippen LogP contribution in [0.3, 0.4) is 0 Å². The van der Waals surface area contributed by atoms with E-state index in [4.69, 9.17) is 9.52 Å². The monoisotopic (exact) mass is 412 g/mol. The molecule has 30 heavy (non-hydrogen) atoms. The quantitative estimate of drug-likeness (QED) is 0.513. The van der Waals surface area contributed by atoms with Crippen molar-refractivity contribution in [1.29, 1.82) is 0 Å². The van der Waals surface area contributed by atoms with E-state index in [1.54, 1.807) is 6.26 Å². The molecule has 164 valence electrons. The van der Waals surface area contributed by atoms with Crippen LogP contribution >= 0.6 is 0 Å². The standard InChI is InChI=1S/C23H36N6O/c1-5-24-22(29-14-12-28(13-15-29)17-21-11-16-30-27-21)25-18-23(3,4)26-19(2)20-9-7-6-8-10-20/h6-11,16,19,26H,5,12-15,17-18H2,1-4H3,(H,24,25). The number of piperazine rings is 1. The fourth-order valence-electron chi connectivity index (χ4n) is 3.82. The molecule has 0 amide bonds. The Bertz CT molecular complexity index is 766. The van der Waals surface area contributed by atoms with Gasteiger partial charge in [-0.1, -0.05) is 35.5 Å². The lowest BCUT2D eigenvalue weighted by atomic mass is 10.0. The maximum atomic E-state index is 4.98. The second kappa shape index (κ2) is 10.6. The molecule has 1 aliphatic rings. The van der Waals surface area contributed by atoms with Crippen molar-refractivity contribution in [3.05, 3.63) is 53.9 Å². The maximum absolute atomic E-state index is 4.98. The van der Waals surface area contributed by atoms with E-state index < -0.39 is 0 Å². The zero-order valence-electron chi connectivity index (χ0n) is 18.8. The zero-order chi connectivity index (χ0) is 21.4. The van der Waals surface area contributed by atoms with Gasteiger partial charge in [0.2, 0.25) is 0 Å². The highest BCUT2D eigenvalue weighted by atomic mass is 16.5. The minimum atomic E-state index is -0.106. The van der Waals surface area contributed by atoms with Crippen LogP contribution in [0.25, 0.3) is 0 Å². The van der Waals surface area contributed by atoms with Crippen molar-refractivity contribution in [2.24, 2.45) is 4.99 Å². The van der Waals surface area contributed by atoms with Gasteiger partial charge >= 0.3 is 0 Å². The zero-order valence-corrected chi connectivity index (χ0v) is 18.8. The van der Waals surface area contributed by atoms with Crippen LogP contribution in [0.4, 0.5) is 0 Å². The maximum Gasteiger partial charge on any atom is 0.194 e. The Labute approximate surface area is 180 Å². The predicted octanol–water partition coefficient (Wildman–Crippen LogP) is 2.89. The van der Waals surface area contributed by atoms with Crippen LogP contribution in [0.1, 0.15) is 45.0 Å². The summed E-state index contributed by atoms with van der Waals surface area (Å²) in [5.41, 5.74) is 2.18. The van der Waals surface area contributed by atoms with E-state index in [2.05, 4.69) is 83.6 Å². The van der Waals surface area contributed by atoms with Gasteiger partial charge in [-0.05, 0) is 33.3 Å². The molecular weight excluding hydrogens is 376 g/mol. The molecule has 2 N–H and O–H groups in total. The Morgan fingerprint density at radius 2 is 1.90 bits per heavy atom. The number of aromatic nitrogens is 1. The van der Waals surface area contributed by atoms with Crippen molar-refractivity contribution < 1.29 is 4.52 Å². The van der Waals surface area contributed by atoms with Gasteiger partial charge in [0.1, 0.15) is 6.26 Å². The highest BCUT2D eigenvalue weighted by Gasteiger charge is 2.23. The van der Waals surface area contributed by atoms with Crippen LogP contribution in [-0.4, -0.2) is 65.7 Å². The Hall–Kier alpha value is -2.38. The third kappa shape index (κ3) is 6.57. The molecule has 7 nitrogen and oxygen atoms in total. The number of nitrogens with one attached hydrogen (secondary N) is 2. The molecule has 1 aromatic carbocycles. The van der Waals surface area contributed by atoms with Crippen molar-refractivity contribution in [2.75, 3.05) is 39.3 Å². The predicted molar refractivity (Wildman–Crippen MR) is 121 cm³/mol. The molecule has 1 atom stereocenters. The van der Waals surface area contributed by atoms with E-state index in [9.17, 15) is 0 Å². The number of benzene rings is 1. The fourth-order valence-corrected chi connectivity index (χ4v) is 3.82. The van der Waals surface area contributed by atoms with E-state index in [1.807, 2.05) is 6.07 Å². The molecule has 2 aromatic rings. The molecule has 7 heteroatoms. The van der Waals surface area contributed by atoms with Crippen LogP contribution in [0.5, 0.6) is 0 Å². The summed E-state index contributed by atoms with van der Waals surface area (Å²) in [4.78, 5) is 9.75. The van der Waals surface area contributed by atoms with Gasteiger partial charge in [-0.15, -0.1) is 0 Å². The van der Waals surface area contributed by atoms with Gasteiger partial charge < -0.3 is 20.1 Å². The summed E-state index contributed by atoms with van der Waals surface area (Å²) in [5.74, 6) is 1.00. The van der Waals surface area contributed by atoms with Crippen molar-refractivity contribution in [1.82, 2.24) is 25.6 Å². The minimum absolute atomic E-state index is 0.106. The summed E-state index contributed by atoms with van der Waals surface area (Å²) >= 11 is 0. The van der Waals surface area contributed by atoms with Gasteiger partial charge in [0, 0.05) is 56.9 Å². The first-order chi connectivity index (χ1) is 14.5. The molecule has 0 aliphatic carbocycles. The molecule has 0 saturated carbocycles. The van der Waals surface area contributed by atoms with E-state index in [1.165, 1.54) is 5.56 Å². The Morgan fingerprint density at radius 1 is 1.17 bits per heavy atom. The highest BCUT2D eigenvalue weighted by Crippen LogP contribution is 2.16. The molecule has 3 rings (SSSR count). The van der Waals surface area contributed by atoms with Gasteiger partial charge in [0.05, 0.1) is 12.2 Å². The van der Waals surface area contributed by atoms with E-state index >= 15 is 0 Å². The molecule has 1 saturated heterocycles. The third-order valence-corrected chi connectivity index (χ3v) is 5.41. The molecule has 0 spiro atoms. The van der Waals surface area contributed by atoms with Crippen molar-refractivity contribution >= 4 is 5.96 Å². The van der Waals surface area contributed by atoms with Gasteiger partial charge in [-0.25, -0.2) is 0 Å². The van der Waals surface area contributed by atoms with Crippen molar-refractivity contribution in [3.8, 4) is 0 Å². The average molecular weight is 413 g/mol. The van der Waals surface area contributed by atoms with E-state index in [0.717, 1.165) is 50.9 Å². The van der Waals surface area contributed by atoms with Crippen LogP contribution in [0.15, 0.2) is 52.2 Å². The molecule has 1 aromatic heterocycles. The number of nitrogens with zero attached hydrogens (tertiary/aromatic N) is 4. The van der Waals surface area contributed by atoms with Crippen LogP contribution in [-0.2, 0) is 6.54 Å². The number of rotatable bonds is 8. The van der Waals surface area contributed by atoms with E-state index in [0.29, 0.717) is 6.54 Å². The molecule has 0 bridgehead atoms.